The first-order valence-electron chi connectivity index (χ1n) is 5.85. The van der Waals surface area contributed by atoms with Gasteiger partial charge in [0.1, 0.15) is 0 Å². The quantitative estimate of drug-likeness (QED) is 0.580. The molecule has 0 radical (unpaired) electrons. The second kappa shape index (κ2) is 7.93. The summed E-state index contributed by atoms with van der Waals surface area (Å²) >= 11 is 0. The second-order valence-electron chi connectivity index (χ2n) is 4.58. The predicted octanol–water partition coefficient (Wildman–Crippen LogP) is -0.409. The maximum absolute atomic E-state index is 11.5. The van der Waals surface area contributed by atoms with E-state index >= 15 is 0 Å². The summed E-state index contributed by atoms with van der Waals surface area (Å²) in [6.45, 7) is 0.537. The summed E-state index contributed by atoms with van der Waals surface area (Å²) in [4.78, 5) is 11.5. The van der Waals surface area contributed by atoms with Crippen LogP contribution in [0, 0.1) is 5.92 Å². The molecule has 2 atom stereocenters. The fourth-order valence-corrected chi connectivity index (χ4v) is 2.54. The highest BCUT2D eigenvalue weighted by Gasteiger charge is 2.25. The molecule has 108 valence electrons. The number of nitrogens with one attached hydrogen (secondary N) is 2. The molecule has 1 fully saturated rings. The highest BCUT2D eigenvalue weighted by molar-refractivity contribution is 7.88. The SMILES string of the molecule is CS(=O)(=O)NCCNC(=O)C[C@@H]1CCC[C@H]1N.Cl. The monoisotopic (exact) mass is 299 g/mol. The molecule has 0 aromatic rings. The van der Waals surface area contributed by atoms with Gasteiger partial charge in [0.15, 0.2) is 0 Å². The van der Waals surface area contributed by atoms with Crippen molar-refractivity contribution in [3.8, 4) is 0 Å². The number of rotatable bonds is 6. The third-order valence-corrected chi connectivity index (χ3v) is 3.71. The van der Waals surface area contributed by atoms with Crippen molar-refractivity contribution in [2.45, 2.75) is 31.7 Å². The number of hydrogen-bond donors (Lipinski definition) is 3. The van der Waals surface area contributed by atoms with Crippen LogP contribution in [0.5, 0.6) is 0 Å². The normalized spacial score (nSPS) is 23.4. The highest BCUT2D eigenvalue weighted by atomic mass is 35.5. The lowest BCUT2D eigenvalue weighted by Gasteiger charge is -2.14. The van der Waals surface area contributed by atoms with Gasteiger partial charge in [0.25, 0.3) is 0 Å². The molecular formula is C10H22ClN3O3S. The van der Waals surface area contributed by atoms with E-state index in [1.165, 1.54) is 0 Å². The van der Waals surface area contributed by atoms with Crippen molar-refractivity contribution >= 4 is 28.3 Å². The van der Waals surface area contributed by atoms with Crippen LogP contribution >= 0.6 is 12.4 Å². The second-order valence-corrected chi connectivity index (χ2v) is 6.41. The van der Waals surface area contributed by atoms with Crippen LogP contribution in [0.1, 0.15) is 25.7 Å². The van der Waals surface area contributed by atoms with E-state index in [1.807, 2.05) is 0 Å². The molecule has 4 N–H and O–H groups in total. The van der Waals surface area contributed by atoms with Gasteiger partial charge in [-0.1, -0.05) is 6.42 Å². The Balaban J connectivity index is 0.00000289. The van der Waals surface area contributed by atoms with E-state index in [4.69, 9.17) is 5.73 Å². The van der Waals surface area contributed by atoms with Crippen LogP contribution in [0.25, 0.3) is 0 Å². The van der Waals surface area contributed by atoms with E-state index in [0.717, 1.165) is 25.5 Å². The van der Waals surface area contributed by atoms with Crippen molar-refractivity contribution in [3.63, 3.8) is 0 Å². The minimum atomic E-state index is -3.17. The summed E-state index contributed by atoms with van der Waals surface area (Å²) in [6, 6.07) is 0.134. The van der Waals surface area contributed by atoms with Gasteiger partial charge in [0.05, 0.1) is 6.26 Å². The van der Waals surface area contributed by atoms with Gasteiger partial charge < -0.3 is 11.1 Å². The van der Waals surface area contributed by atoms with E-state index in [9.17, 15) is 13.2 Å². The molecule has 6 nitrogen and oxygen atoms in total. The Morgan fingerprint density at radius 2 is 2.00 bits per heavy atom. The lowest BCUT2D eigenvalue weighted by atomic mass is 10.00. The first kappa shape index (κ1) is 17.6. The molecule has 0 aliphatic heterocycles. The Labute approximate surface area is 115 Å². The zero-order valence-electron chi connectivity index (χ0n) is 10.5. The molecule has 0 bridgehead atoms. The summed E-state index contributed by atoms with van der Waals surface area (Å²) in [5.41, 5.74) is 5.87. The van der Waals surface area contributed by atoms with Crippen LogP contribution in [-0.4, -0.2) is 39.7 Å². The lowest BCUT2D eigenvalue weighted by Crippen LogP contribution is -2.36. The van der Waals surface area contributed by atoms with Crippen LogP contribution < -0.4 is 15.8 Å². The Kier molecular flexibility index (Phi) is 7.77. The first-order valence-corrected chi connectivity index (χ1v) is 7.74. The molecule has 0 saturated heterocycles. The molecule has 0 aromatic heterocycles. The Morgan fingerprint density at radius 1 is 1.33 bits per heavy atom. The Hall–Kier alpha value is -0.370. The topological polar surface area (TPSA) is 101 Å². The zero-order valence-corrected chi connectivity index (χ0v) is 12.1. The largest absolute Gasteiger partial charge is 0.355 e. The minimum Gasteiger partial charge on any atom is -0.355 e. The lowest BCUT2D eigenvalue weighted by molar-refractivity contribution is -0.122. The van der Waals surface area contributed by atoms with E-state index in [2.05, 4.69) is 10.0 Å². The van der Waals surface area contributed by atoms with Crippen LogP contribution in [0.3, 0.4) is 0 Å². The van der Waals surface area contributed by atoms with Gasteiger partial charge in [-0.3, -0.25) is 4.79 Å². The smallest absolute Gasteiger partial charge is 0.220 e. The predicted molar refractivity (Wildman–Crippen MR) is 73.0 cm³/mol. The molecular weight excluding hydrogens is 278 g/mol. The van der Waals surface area contributed by atoms with Crippen LogP contribution in [-0.2, 0) is 14.8 Å². The average Bonchev–Trinajstić information content (AvgIpc) is 2.58. The van der Waals surface area contributed by atoms with Crippen molar-refractivity contribution in [2.24, 2.45) is 11.7 Å². The van der Waals surface area contributed by atoms with Gasteiger partial charge in [-0.25, -0.2) is 13.1 Å². The summed E-state index contributed by atoms with van der Waals surface area (Å²) in [5.74, 6) is 0.223. The number of carbonyl (C=O) groups excluding carboxylic acids is 1. The number of sulfonamides is 1. The molecule has 0 spiro atoms. The molecule has 1 aliphatic rings. The fraction of sp³-hybridized carbons (Fsp3) is 0.900. The van der Waals surface area contributed by atoms with Gasteiger partial charge >= 0.3 is 0 Å². The molecule has 1 aliphatic carbocycles. The van der Waals surface area contributed by atoms with Gasteiger partial charge in [0, 0.05) is 25.6 Å². The minimum absolute atomic E-state index is 0. The Morgan fingerprint density at radius 3 is 2.50 bits per heavy atom. The summed E-state index contributed by atoms with van der Waals surface area (Å²) in [6.07, 6.45) is 4.63. The highest BCUT2D eigenvalue weighted by Crippen LogP contribution is 2.26. The molecule has 0 heterocycles. The fourth-order valence-electron chi connectivity index (χ4n) is 2.07. The number of amides is 1. The number of nitrogens with two attached hydrogens (primary N) is 1. The van der Waals surface area contributed by atoms with Crippen molar-refractivity contribution in [1.29, 1.82) is 0 Å². The number of carbonyl (C=O) groups is 1. The first-order chi connectivity index (χ1) is 7.88. The maximum atomic E-state index is 11.5. The van der Waals surface area contributed by atoms with Crippen molar-refractivity contribution in [2.75, 3.05) is 19.3 Å². The van der Waals surface area contributed by atoms with Crippen molar-refractivity contribution in [3.05, 3.63) is 0 Å². The molecule has 18 heavy (non-hydrogen) atoms. The van der Waals surface area contributed by atoms with E-state index in [-0.39, 0.29) is 36.8 Å². The van der Waals surface area contributed by atoms with Crippen molar-refractivity contribution < 1.29 is 13.2 Å². The van der Waals surface area contributed by atoms with Gasteiger partial charge in [-0.15, -0.1) is 12.4 Å². The van der Waals surface area contributed by atoms with Crippen molar-refractivity contribution in [1.82, 2.24) is 10.0 Å². The molecule has 8 heteroatoms. The van der Waals surface area contributed by atoms with E-state index < -0.39 is 10.0 Å². The van der Waals surface area contributed by atoms with Crippen LogP contribution in [0.4, 0.5) is 0 Å². The standard InChI is InChI=1S/C10H21N3O3S.ClH/c1-17(15,16)13-6-5-12-10(14)7-8-3-2-4-9(8)11;/h8-9,13H,2-7,11H2,1H3,(H,12,14);1H/t8-,9+;/m0./s1. The summed E-state index contributed by atoms with van der Waals surface area (Å²) in [5, 5.41) is 2.68. The van der Waals surface area contributed by atoms with Crippen LogP contribution in [0.15, 0.2) is 0 Å². The number of halogens is 1. The van der Waals surface area contributed by atoms with E-state index in [0.29, 0.717) is 13.0 Å². The number of hydrogen-bond acceptors (Lipinski definition) is 4. The van der Waals surface area contributed by atoms with Gasteiger partial charge in [-0.05, 0) is 18.8 Å². The van der Waals surface area contributed by atoms with E-state index in [1.54, 1.807) is 0 Å². The average molecular weight is 300 g/mol. The Bertz CT molecular complexity index is 361. The summed E-state index contributed by atoms with van der Waals surface area (Å²) < 4.78 is 23.8. The molecule has 1 saturated carbocycles. The molecule has 0 unspecified atom stereocenters. The maximum Gasteiger partial charge on any atom is 0.220 e. The summed E-state index contributed by atoms with van der Waals surface area (Å²) in [7, 11) is -3.17. The van der Waals surface area contributed by atoms with Gasteiger partial charge in [0.2, 0.25) is 15.9 Å². The third kappa shape index (κ3) is 7.15. The molecule has 0 aromatic carbocycles. The molecule has 1 rings (SSSR count). The van der Waals surface area contributed by atoms with Gasteiger partial charge in [-0.2, -0.15) is 0 Å². The molecule has 1 amide bonds. The zero-order chi connectivity index (χ0) is 12.9. The third-order valence-electron chi connectivity index (χ3n) is 2.98. The van der Waals surface area contributed by atoms with Crippen LogP contribution in [0.2, 0.25) is 0 Å².